The van der Waals surface area contributed by atoms with Crippen LogP contribution in [-0.4, -0.2) is 40.5 Å². The van der Waals surface area contributed by atoms with Crippen molar-refractivity contribution in [2.24, 2.45) is 0 Å². The summed E-state index contributed by atoms with van der Waals surface area (Å²) in [6, 6.07) is 3.76. The van der Waals surface area contributed by atoms with Gasteiger partial charge in [-0.15, -0.1) is 0 Å². The van der Waals surface area contributed by atoms with Crippen LogP contribution in [0.2, 0.25) is 0 Å². The van der Waals surface area contributed by atoms with E-state index in [0.29, 0.717) is 5.52 Å². The number of aryl methyl sites for hydroxylation is 1. The molecule has 0 radical (unpaired) electrons. The number of hydrogen-bond donors (Lipinski definition) is 0. The van der Waals surface area contributed by atoms with Crippen molar-refractivity contribution in [3.05, 3.63) is 29.6 Å². The molecule has 1 fully saturated rings. The Labute approximate surface area is 162 Å². The highest BCUT2D eigenvalue weighted by Gasteiger charge is 2.31. The Bertz CT molecular complexity index is 936. The van der Waals surface area contributed by atoms with E-state index in [1.54, 1.807) is 0 Å². The largest absolute Gasteiger partial charge is 0.416 e. The highest BCUT2D eigenvalue weighted by Crippen LogP contribution is 2.35. The maximum Gasteiger partial charge on any atom is 0.416 e. The van der Waals surface area contributed by atoms with E-state index in [9.17, 15) is 13.2 Å². The summed E-state index contributed by atoms with van der Waals surface area (Å²) in [5, 5.41) is 1.71. The molecular formula is C17H18F3N5S2. The smallest absolute Gasteiger partial charge is 0.346 e. The zero-order valence-corrected chi connectivity index (χ0v) is 16.3. The van der Waals surface area contributed by atoms with Crippen molar-refractivity contribution in [3.63, 3.8) is 0 Å². The van der Waals surface area contributed by atoms with Crippen LogP contribution in [0.4, 0.5) is 23.4 Å². The Morgan fingerprint density at radius 1 is 1.04 bits per heavy atom. The topological polar surface area (TPSA) is 45.2 Å². The second-order valence-corrected chi connectivity index (χ2v) is 8.09. The normalized spacial score (nSPS) is 16.1. The molecule has 10 heteroatoms. The molecule has 1 aliphatic rings. The summed E-state index contributed by atoms with van der Waals surface area (Å²) in [6.45, 7) is 5.29. The van der Waals surface area contributed by atoms with Gasteiger partial charge >= 0.3 is 6.18 Å². The van der Waals surface area contributed by atoms with Gasteiger partial charge in [0.15, 0.2) is 5.13 Å². The number of aromatic nitrogens is 3. The van der Waals surface area contributed by atoms with Gasteiger partial charge in [-0.1, -0.05) is 18.3 Å². The van der Waals surface area contributed by atoms with Crippen molar-refractivity contribution in [2.45, 2.75) is 25.9 Å². The molecule has 0 unspecified atom stereocenters. The summed E-state index contributed by atoms with van der Waals surface area (Å²) in [7, 11) is 0. The van der Waals surface area contributed by atoms with Gasteiger partial charge in [0.2, 0.25) is 5.13 Å². The van der Waals surface area contributed by atoms with E-state index in [2.05, 4.69) is 24.1 Å². The number of anilines is 2. The number of fused-ring (bicyclic) bond motifs is 1. The van der Waals surface area contributed by atoms with Crippen LogP contribution in [-0.2, 0) is 12.6 Å². The first-order chi connectivity index (χ1) is 12.9. The molecule has 0 atom stereocenters. The van der Waals surface area contributed by atoms with Crippen LogP contribution in [0.25, 0.3) is 10.2 Å². The molecular weight excluding hydrogens is 395 g/mol. The lowest BCUT2D eigenvalue weighted by Gasteiger charge is -2.20. The minimum Gasteiger partial charge on any atom is -0.346 e. The maximum atomic E-state index is 12.9. The number of rotatable bonds is 3. The first-order valence-electron chi connectivity index (χ1n) is 8.74. The Kier molecular flexibility index (Phi) is 4.94. The quantitative estimate of drug-likeness (QED) is 0.635. The van der Waals surface area contributed by atoms with E-state index in [4.69, 9.17) is 0 Å². The van der Waals surface area contributed by atoms with Crippen LogP contribution in [0.3, 0.4) is 0 Å². The van der Waals surface area contributed by atoms with Gasteiger partial charge in [-0.25, -0.2) is 9.97 Å². The van der Waals surface area contributed by atoms with E-state index in [1.165, 1.54) is 28.9 Å². The van der Waals surface area contributed by atoms with Crippen molar-refractivity contribution in [1.82, 2.24) is 14.3 Å². The van der Waals surface area contributed by atoms with Crippen molar-refractivity contribution in [3.8, 4) is 0 Å². The molecule has 0 saturated carbocycles. The van der Waals surface area contributed by atoms with Gasteiger partial charge in [-0.3, -0.25) is 0 Å². The maximum absolute atomic E-state index is 12.9. The Balaban J connectivity index is 1.51. The molecule has 1 aliphatic heterocycles. The van der Waals surface area contributed by atoms with Crippen molar-refractivity contribution in [1.29, 1.82) is 0 Å². The van der Waals surface area contributed by atoms with Crippen LogP contribution in [0.15, 0.2) is 18.2 Å². The molecule has 2 aromatic heterocycles. The SMILES string of the molecule is CCc1nsc(N2CCCN(c3nc4cc(C(F)(F)F)ccc4s3)CC2)n1. The number of halogens is 3. The third kappa shape index (κ3) is 3.86. The predicted molar refractivity (Wildman–Crippen MR) is 103 cm³/mol. The first-order valence-corrected chi connectivity index (χ1v) is 10.3. The lowest BCUT2D eigenvalue weighted by molar-refractivity contribution is -0.137. The lowest BCUT2D eigenvalue weighted by Crippen LogP contribution is -2.30. The average molecular weight is 413 g/mol. The van der Waals surface area contributed by atoms with Gasteiger partial charge < -0.3 is 9.80 Å². The molecule has 4 rings (SSSR count). The molecule has 3 aromatic rings. The number of nitrogens with zero attached hydrogens (tertiary/aromatic N) is 5. The standard InChI is InChI=1S/C17H18F3N5S2/c1-2-14-22-16(27-23-14)25-7-3-6-24(8-9-25)15-21-12-10-11(17(18,19)20)4-5-13(12)26-15/h4-5,10H,2-3,6-9H2,1H3. The summed E-state index contributed by atoms with van der Waals surface area (Å²) in [4.78, 5) is 13.4. The van der Waals surface area contributed by atoms with Gasteiger partial charge in [0.1, 0.15) is 5.82 Å². The van der Waals surface area contributed by atoms with Gasteiger partial charge in [-0.05, 0) is 24.6 Å². The molecule has 1 saturated heterocycles. The molecule has 27 heavy (non-hydrogen) atoms. The van der Waals surface area contributed by atoms with Crippen molar-refractivity contribution in [2.75, 3.05) is 36.0 Å². The number of alkyl halides is 3. The monoisotopic (exact) mass is 413 g/mol. The molecule has 1 aromatic carbocycles. The number of benzene rings is 1. The van der Waals surface area contributed by atoms with Crippen LogP contribution >= 0.6 is 22.9 Å². The fourth-order valence-electron chi connectivity index (χ4n) is 3.04. The molecule has 5 nitrogen and oxygen atoms in total. The summed E-state index contributed by atoms with van der Waals surface area (Å²) in [5.74, 6) is 0.864. The van der Waals surface area contributed by atoms with Gasteiger partial charge in [0, 0.05) is 44.1 Å². The van der Waals surface area contributed by atoms with Gasteiger partial charge in [0.05, 0.1) is 15.8 Å². The fraction of sp³-hybridized carbons (Fsp3) is 0.471. The molecule has 0 aliphatic carbocycles. The predicted octanol–water partition coefficient (Wildman–Crippen LogP) is 4.45. The third-order valence-electron chi connectivity index (χ3n) is 4.51. The van der Waals surface area contributed by atoms with Gasteiger partial charge in [-0.2, -0.15) is 17.5 Å². The Hall–Kier alpha value is -1.94. The molecule has 144 valence electrons. The van der Waals surface area contributed by atoms with E-state index >= 15 is 0 Å². The van der Waals surface area contributed by atoms with Crippen LogP contribution in [0.5, 0.6) is 0 Å². The van der Waals surface area contributed by atoms with E-state index in [1.807, 2.05) is 6.92 Å². The Morgan fingerprint density at radius 3 is 2.44 bits per heavy atom. The van der Waals surface area contributed by atoms with E-state index in [-0.39, 0.29) is 0 Å². The molecule has 0 amide bonds. The lowest BCUT2D eigenvalue weighted by atomic mass is 10.2. The van der Waals surface area contributed by atoms with E-state index in [0.717, 1.165) is 71.9 Å². The van der Waals surface area contributed by atoms with Crippen LogP contribution in [0, 0.1) is 0 Å². The average Bonchev–Trinajstić information content (AvgIpc) is 3.21. The summed E-state index contributed by atoms with van der Waals surface area (Å²) >= 11 is 2.86. The number of thiazole rings is 1. The van der Waals surface area contributed by atoms with Crippen molar-refractivity contribution < 1.29 is 13.2 Å². The minimum atomic E-state index is -4.35. The minimum absolute atomic E-state index is 0.405. The summed E-state index contributed by atoms with van der Waals surface area (Å²) in [5.41, 5.74) is -0.250. The number of hydrogen-bond acceptors (Lipinski definition) is 7. The first kappa shape index (κ1) is 18.4. The van der Waals surface area contributed by atoms with Crippen LogP contribution in [0.1, 0.15) is 24.7 Å². The fourth-order valence-corrected chi connectivity index (χ4v) is 4.84. The summed E-state index contributed by atoms with van der Waals surface area (Å²) < 4.78 is 43.9. The van der Waals surface area contributed by atoms with E-state index < -0.39 is 11.7 Å². The van der Waals surface area contributed by atoms with Gasteiger partial charge in [0.25, 0.3) is 0 Å². The molecule has 0 N–H and O–H groups in total. The zero-order chi connectivity index (χ0) is 19.0. The third-order valence-corrected chi connectivity index (χ3v) is 6.43. The zero-order valence-electron chi connectivity index (χ0n) is 14.7. The molecule has 3 heterocycles. The second-order valence-electron chi connectivity index (χ2n) is 6.35. The second kappa shape index (κ2) is 7.23. The highest BCUT2D eigenvalue weighted by molar-refractivity contribution is 7.22. The molecule has 0 spiro atoms. The highest BCUT2D eigenvalue weighted by atomic mass is 32.1. The van der Waals surface area contributed by atoms with Crippen LogP contribution < -0.4 is 9.80 Å². The Morgan fingerprint density at radius 2 is 1.78 bits per heavy atom. The summed E-state index contributed by atoms with van der Waals surface area (Å²) in [6.07, 6.45) is -2.59. The molecule has 0 bridgehead atoms. The van der Waals surface area contributed by atoms with Crippen molar-refractivity contribution >= 4 is 43.3 Å².